The van der Waals surface area contributed by atoms with E-state index < -0.39 is 0 Å². The van der Waals surface area contributed by atoms with Gasteiger partial charge in [-0.05, 0) is 0 Å². The number of nitrogens with zero attached hydrogens (tertiary/aromatic N) is 3. The normalized spacial score (nSPS) is 10.0. The lowest BCUT2D eigenvalue weighted by Crippen LogP contribution is -2.12. The van der Waals surface area contributed by atoms with Crippen LogP contribution in [0.1, 0.15) is 5.56 Å². The molecule has 1 aromatic heterocycles. The first kappa shape index (κ1) is 13.7. The van der Waals surface area contributed by atoms with Crippen molar-refractivity contribution in [3.05, 3.63) is 66.2 Å². The number of nitrogens with one attached hydrogen (secondary N) is 1. The number of hydrogen-bond acceptors (Lipinski definition) is 5. The van der Waals surface area contributed by atoms with Crippen molar-refractivity contribution in [2.45, 2.75) is 0 Å². The number of rotatable bonds is 3. The van der Waals surface area contributed by atoms with Gasteiger partial charge in [-0.25, -0.2) is 15.8 Å². The fraction of sp³-hybridized carbons (Fsp3) is 0. The Morgan fingerprint density at radius 1 is 0.864 bits per heavy atom. The van der Waals surface area contributed by atoms with Crippen molar-refractivity contribution in [3.8, 4) is 28.7 Å². The lowest BCUT2D eigenvalue weighted by Gasteiger charge is -2.10. The second-order valence-electron chi connectivity index (χ2n) is 4.61. The third kappa shape index (κ3) is 2.51. The summed E-state index contributed by atoms with van der Waals surface area (Å²) in [6.07, 6.45) is 0. The smallest absolute Gasteiger partial charge is 0.162 e. The number of hydrazine groups is 1. The lowest BCUT2D eigenvalue weighted by atomic mass is 10.1. The van der Waals surface area contributed by atoms with Crippen LogP contribution in [0.25, 0.3) is 22.6 Å². The standard InChI is InChI=1S/C17H13N5/c18-11-14-15(12-7-3-1-4-8-12)20-16(21-17(14)22-19)13-9-5-2-6-10-13/h1-10H,19H2,(H,20,21,22). The Bertz CT molecular complexity index is 823. The number of nitriles is 1. The molecule has 0 fully saturated rings. The van der Waals surface area contributed by atoms with Crippen LogP contribution in [-0.2, 0) is 0 Å². The van der Waals surface area contributed by atoms with Crippen LogP contribution in [0, 0.1) is 11.3 Å². The molecule has 0 aliphatic heterocycles. The quantitative estimate of drug-likeness (QED) is 0.571. The summed E-state index contributed by atoms with van der Waals surface area (Å²) in [5.41, 5.74) is 5.08. The van der Waals surface area contributed by atoms with Crippen LogP contribution in [0.5, 0.6) is 0 Å². The van der Waals surface area contributed by atoms with Crippen LogP contribution < -0.4 is 11.3 Å². The molecule has 5 nitrogen and oxygen atoms in total. The third-order valence-corrected chi connectivity index (χ3v) is 3.24. The molecule has 0 saturated carbocycles. The fourth-order valence-corrected chi connectivity index (χ4v) is 2.19. The summed E-state index contributed by atoms with van der Waals surface area (Å²) in [4.78, 5) is 8.91. The van der Waals surface area contributed by atoms with Crippen LogP contribution in [0.15, 0.2) is 60.7 Å². The van der Waals surface area contributed by atoms with E-state index in [4.69, 9.17) is 5.84 Å². The molecule has 0 spiro atoms. The number of hydrogen-bond donors (Lipinski definition) is 2. The summed E-state index contributed by atoms with van der Waals surface area (Å²) >= 11 is 0. The van der Waals surface area contributed by atoms with Crippen molar-refractivity contribution in [1.82, 2.24) is 9.97 Å². The average Bonchev–Trinajstić information content (AvgIpc) is 2.62. The molecule has 22 heavy (non-hydrogen) atoms. The van der Waals surface area contributed by atoms with Crippen LogP contribution in [0.2, 0.25) is 0 Å². The summed E-state index contributed by atoms with van der Waals surface area (Å²) in [5, 5.41) is 9.43. The molecule has 3 rings (SSSR count). The highest BCUT2D eigenvalue weighted by atomic mass is 15.3. The molecular formula is C17H13N5. The first-order valence-electron chi connectivity index (χ1n) is 6.73. The SMILES string of the molecule is N#Cc1c(NN)nc(-c2ccccc2)nc1-c1ccccc1. The summed E-state index contributed by atoms with van der Waals surface area (Å²) in [6.45, 7) is 0. The summed E-state index contributed by atoms with van der Waals surface area (Å²) in [6, 6.07) is 21.2. The zero-order valence-corrected chi connectivity index (χ0v) is 11.7. The molecule has 5 heteroatoms. The van der Waals surface area contributed by atoms with Crippen molar-refractivity contribution in [2.75, 3.05) is 5.43 Å². The van der Waals surface area contributed by atoms with E-state index in [1.165, 1.54) is 0 Å². The molecule has 106 valence electrons. The highest BCUT2D eigenvalue weighted by molar-refractivity contribution is 5.75. The minimum Gasteiger partial charge on any atom is -0.307 e. The zero-order chi connectivity index (χ0) is 15.4. The predicted octanol–water partition coefficient (Wildman–Crippen LogP) is 2.97. The first-order valence-corrected chi connectivity index (χ1v) is 6.73. The minimum atomic E-state index is 0.315. The van der Waals surface area contributed by atoms with Crippen LogP contribution in [-0.4, -0.2) is 9.97 Å². The first-order chi connectivity index (χ1) is 10.8. The maximum absolute atomic E-state index is 9.43. The van der Waals surface area contributed by atoms with Crippen LogP contribution in [0.4, 0.5) is 5.82 Å². The van der Waals surface area contributed by atoms with Crippen molar-refractivity contribution in [2.24, 2.45) is 5.84 Å². The Morgan fingerprint density at radius 3 is 2.00 bits per heavy atom. The highest BCUT2D eigenvalue weighted by Gasteiger charge is 2.16. The maximum Gasteiger partial charge on any atom is 0.162 e. The van der Waals surface area contributed by atoms with Gasteiger partial charge in [0.05, 0.1) is 5.69 Å². The summed E-state index contributed by atoms with van der Waals surface area (Å²) < 4.78 is 0. The Kier molecular flexibility index (Phi) is 3.77. The number of anilines is 1. The van der Waals surface area contributed by atoms with E-state index in [9.17, 15) is 5.26 Å². The van der Waals surface area contributed by atoms with Gasteiger partial charge in [0.1, 0.15) is 11.6 Å². The van der Waals surface area contributed by atoms with Crippen molar-refractivity contribution in [1.29, 1.82) is 5.26 Å². The Hall–Kier alpha value is -3.23. The second-order valence-corrected chi connectivity index (χ2v) is 4.61. The lowest BCUT2D eigenvalue weighted by molar-refractivity contribution is 1.13. The maximum atomic E-state index is 9.43. The van der Waals surface area contributed by atoms with Gasteiger partial charge in [0.15, 0.2) is 11.6 Å². The van der Waals surface area contributed by atoms with Gasteiger partial charge < -0.3 is 5.43 Å². The van der Waals surface area contributed by atoms with E-state index in [0.717, 1.165) is 11.1 Å². The molecule has 1 heterocycles. The molecule has 0 amide bonds. The molecule has 0 aliphatic carbocycles. The van der Waals surface area contributed by atoms with E-state index in [-0.39, 0.29) is 0 Å². The van der Waals surface area contributed by atoms with Gasteiger partial charge in [0, 0.05) is 11.1 Å². The van der Waals surface area contributed by atoms with E-state index in [0.29, 0.717) is 22.9 Å². The van der Waals surface area contributed by atoms with Gasteiger partial charge in [-0.15, -0.1) is 0 Å². The molecule has 0 saturated heterocycles. The van der Waals surface area contributed by atoms with E-state index in [2.05, 4.69) is 21.5 Å². The van der Waals surface area contributed by atoms with E-state index in [1.54, 1.807) is 0 Å². The van der Waals surface area contributed by atoms with Crippen molar-refractivity contribution in [3.63, 3.8) is 0 Å². The largest absolute Gasteiger partial charge is 0.307 e. The topological polar surface area (TPSA) is 87.6 Å². The zero-order valence-electron chi connectivity index (χ0n) is 11.7. The van der Waals surface area contributed by atoms with Crippen LogP contribution >= 0.6 is 0 Å². The molecule has 2 aromatic carbocycles. The molecule has 3 aromatic rings. The second kappa shape index (κ2) is 6.04. The fourth-order valence-electron chi connectivity index (χ4n) is 2.19. The Labute approximate surface area is 128 Å². The average molecular weight is 287 g/mol. The number of benzene rings is 2. The number of nitrogen functional groups attached to an aromatic ring is 1. The Morgan fingerprint density at radius 2 is 1.45 bits per heavy atom. The minimum absolute atomic E-state index is 0.315. The van der Waals surface area contributed by atoms with Crippen LogP contribution in [0.3, 0.4) is 0 Å². The molecule has 0 unspecified atom stereocenters. The number of aromatic nitrogens is 2. The highest BCUT2D eigenvalue weighted by Crippen LogP contribution is 2.28. The van der Waals surface area contributed by atoms with Gasteiger partial charge in [0.25, 0.3) is 0 Å². The third-order valence-electron chi connectivity index (χ3n) is 3.24. The van der Waals surface area contributed by atoms with Gasteiger partial charge >= 0.3 is 0 Å². The molecule has 0 aliphatic rings. The molecule has 0 radical (unpaired) electrons. The van der Waals surface area contributed by atoms with E-state index in [1.807, 2.05) is 60.7 Å². The summed E-state index contributed by atoms with van der Waals surface area (Å²) in [5.74, 6) is 6.36. The predicted molar refractivity (Wildman–Crippen MR) is 85.4 cm³/mol. The molecule has 0 atom stereocenters. The van der Waals surface area contributed by atoms with E-state index >= 15 is 0 Å². The Balaban J connectivity index is 2.26. The van der Waals surface area contributed by atoms with Gasteiger partial charge in [-0.1, -0.05) is 60.7 Å². The van der Waals surface area contributed by atoms with Gasteiger partial charge in [0.2, 0.25) is 0 Å². The monoisotopic (exact) mass is 287 g/mol. The van der Waals surface area contributed by atoms with Crippen molar-refractivity contribution >= 4 is 5.82 Å². The van der Waals surface area contributed by atoms with Gasteiger partial charge in [-0.3, -0.25) is 0 Å². The molecule has 0 bridgehead atoms. The molecular weight excluding hydrogens is 274 g/mol. The van der Waals surface area contributed by atoms with Crippen molar-refractivity contribution < 1.29 is 0 Å². The van der Waals surface area contributed by atoms with Gasteiger partial charge in [-0.2, -0.15) is 5.26 Å². The molecule has 3 N–H and O–H groups in total. The summed E-state index contributed by atoms with van der Waals surface area (Å²) in [7, 11) is 0. The number of nitrogens with two attached hydrogens (primary N) is 1.